The van der Waals surface area contributed by atoms with E-state index >= 15 is 0 Å². The second-order valence-corrected chi connectivity index (χ2v) is 4.39. The Balaban J connectivity index is 2.00. The van der Waals surface area contributed by atoms with Crippen LogP contribution in [0.15, 0.2) is 42.6 Å². The highest BCUT2D eigenvalue weighted by molar-refractivity contribution is 5.94. The van der Waals surface area contributed by atoms with Crippen LogP contribution in [0.3, 0.4) is 0 Å². The molecule has 0 fully saturated rings. The molecule has 2 aromatic rings. The van der Waals surface area contributed by atoms with Crippen molar-refractivity contribution in [3.8, 4) is 0 Å². The number of pyridine rings is 1. The van der Waals surface area contributed by atoms with E-state index in [4.69, 9.17) is 5.73 Å². The van der Waals surface area contributed by atoms with Crippen molar-refractivity contribution in [3.05, 3.63) is 65.0 Å². The first-order chi connectivity index (χ1) is 9.18. The summed E-state index contributed by atoms with van der Waals surface area (Å²) < 4.78 is 0. The molecule has 0 saturated carbocycles. The van der Waals surface area contributed by atoms with Gasteiger partial charge < -0.3 is 11.1 Å². The highest BCUT2D eigenvalue weighted by Crippen LogP contribution is 2.08. The van der Waals surface area contributed by atoms with Gasteiger partial charge >= 0.3 is 0 Å². The third-order valence-electron chi connectivity index (χ3n) is 3.01. The van der Waals surface area contributed by atoms with E-state index < -0.39 is 5.91 Å². The van der Waals surface area contributed by atoms with Gasteiger partial charge in [0.05, 0.1) is 5.69 Å². The molecule has 4 nitrogen and oxygen atoms in total. The Morgan fingerprint density at radius 2 is 2.00 bits per heavy atom. The van der Waals surface area contributed by atoms with Crippen LogP contribution < -0.4 is 11.1 Å². The van der Waals surface area contributed by atoms with Crippen molar-refractivity contribution in [2.45, 2.75) is 20.0 Å². The summed E-state index contributed by atoms with van der Waals surface area (Å²) in [7, 11) is 0. The lowest BCUT2D eigenvalue weighted by Gasteiger charge is -2.09. The average molecular weight is 255 g/mol. The molecule has 1 amide bonds. The summed E-state index contributed by atoms with van der Waals surface area (Å²) in [5.41, 5.74) is 8.98. The fourth-order valence-corrected chi connectivity index (χ4v) is 1.93. The van der Waals surface area contributed by atoms with Gasteiger partial charge in [-0.3, -0.25) is 9.78 Å². The zero-order valence-corrected chi connectivity index (χ0v) is 10.9. The Kier molecular flexibility index (Phi) is 4.26. The monoisotopic (exact) mass is 255 g/mol. The van der Waals surface area contributed by atoms with E-state index in [1.54, 1.807) is 12.3 Å². The van der Waals surface area contributed by atoms with Gasteiger partial charge in [0.2, 0.25) is 5.91 Å². The number of nitrogens with zero attached hydrogens (tertiary/aromatic N) is 1. The molecule has 98 valence electrons. The van der Waals surface area contributed by atoms with Crippen molar-refractivity contribution < 1.29 is 4.79 Å². The Morgan fingerprint density at radius 1 is 1.21 bits per heavy atom. The second-order valence-electron chi connectivity index (χ2n) is 4.39. The number of aromatic nitrogens is 1. The molecule has 0 aliphatic heterocycles. The molecule has 1 aromatic carbocycles. The van der Waals surface area contributed by atoms with Gasteiger partial charge in [0.1, 0.15) is 0 Å². The smallest absolute Gasteiger partial charge is 0.249 e. The van der Waals surface area contributed by atoms with Gasteiger partial charge in [0.15, 0.2) is 0 Å². The standard InChI is InChI=1S/C15H17N3O/c1-11-5-4-8-18-14(11)10-17-9-12-6-2-3-7-13(12)15(16)19/h2-8,17H,9-10H2,1H3,(H2,16,19). The molecular formula is C15H17N3O. The van der Waals surface area contributed by atoms with E-state index in [-0.39, 0.29) is 0 Å². The zero-order chi connectivity index (χ0) is 13.7. The number of hydrogen-bond acceptors (Lipinski definition) is 3. The molecule has 19 heavy (non-hydrogen) atoms. The quantitative estimate of drug-likeness (QED) is 0.855. The predicted octanol–water partition coefficient (Wildman–Crippen LogP) is 1.78. The van der Waals surface area contributed by atoms with Gasteiger partial charge in [0.25, 0.3) is 0 Å². The van der Waals surface area contributed by atoms with Gasteiger partial charge in [-0.25, -0.2) is 0 Å². The van der Waals surface area contributed by atoms with Crippen molar-refractivity contribution in [1.29, 1.82) is 0 Å². The maximum Gasteiger partial charge on any atom is 0.249 e. The molecule has 0 aliphatic carbocycles. The number of nitrogens with one attached hydrogen (secondary N) is 1. The third-order valence-corrected chi connectivity index (χ3v) is 3.01. The summed E-state index contributed by atoms with van der Waals surface area (Å²) in [5, 5.41) is 3.28. The SMILES string of the molecule is Cc1cccnc1CNCc1ccccc1C(N)=O. The maximum atomic E-state index is 11.3. The second kappa shape index (κ2) is 6.11. The molecule has 1 heterocycles. The molecule has 0 bridgehead atoms. The third kappa shape index (κ3) is 3.39. The Hall–Kier alpha value is -2.20. The molecule has 0 aliphatic rings. The van der Waals surface area contributed by atoms with Crippen molar-refractivity contribution >= 4 is 5.91 Å². The molecule has 4 heteroatoms. The number of aryl methyl sites for hydroxylation is 1. The number of amides is 1. The number of carbonyl (C=O) groups excluding carboxylic acids is 1. The predicted molar refractivity (Wildman–Crippen MR) is 74.5 cm³/mol. The molecule has 0 unspecified atom stereocenters. The van der Waals surface area contributed by atoms with Gasteiger partial charge in [-0.05, 0) is 30.2 Å². The average Bonchev–Trinajstić information content (AvgIpc) is 2.41. The van der Waals surface area contributed by atoms with Crippen LogP contribution in [0.25, 0.3) is 0 Å². The minimum Gasteiger partial charge on any atom is -0.366 e. The molecular weight excluding hydrogens is 238 g/mol. The number of hydrogen-bond donors (Lipinski definition) is 2. The van der Waals surface area contributed by atoms with Crippen LogP contribution in [0.5, 0.6) is 0 Å². The number of rotatable bonds is 5. The van der Waals surface area contributed by atoms with Gasteiger partial charge in [-0.15, -0.1) is 0 Å². The number of carbonyl (C=O) groups is 1. The zero-order valence-electron chi connectivity index (χ0n) is 10.9. The van der Waals surface area contributed by atoms with Crippen LogP contribution in [0.1, 0.15) is 27.2 Å². The molecule has 3 N–H and O–H groups in total. The van der Waals surface area contributed by atoms with E-state index in [9.17, 15) is 4.79 Å². The molecule has 2 rings (SSSR count). The van der Waals surface area contributed by atoms with Crippen LogP contribution in [-0.4, -0.2) is 10.9 Å². The van der Waals surface area contributed by atoms with Crippen molar-refractivity contribution in [3.63, 3.8) is 0 Å². The summed E-state index contributed by atoms with van der Waals surface area (Å²) in [6.07, 6.45) is 1.78. The lowest BCUT2D eigenvalue weighted by molar-refractivity contribution is 0.0999. The summed E-state index contributed by atoms with van der Waals surface area (Å²) in [4.78, 5) is 15.6. The molecule has 0 atom stereocenters. The normalized spacial score (nSPS) is 10.4. The fourth-order valence-electron chi connectivity index (χ4n) is 1.93. The highest BCUT2D eigenvalue weighted by Gasteiger charge is 2.06. The lowest BCUT2D eigenvalue weighted by Crippen LogP contribution is -2.19. The van der Waals surface area contributed by atoms with Crippen LogP contribution in [-0.2, 0) is 13.1 Å². The number of nitrogens with two attached hydrogens (primary N) is 1. The molecule has 0 radical (unpaired) electrons. The van der Waals surface area contributed by atoms with E-state index in [2.05, 4.69) is 10.3 Å². The van der Waals surface area contributed by atoms with E-state index in [1.807, 2.05) is 37.3 Å². The highest BCUT2D eigenvalue weighted by atomic mass is 16.1. The first kappa shape index (κ1) is 13.2. The van der Waals surface area contributed by atoms with Gasteiger partial charge in [0, 0.05) is 24.8 Å². The van der Waals surface area contributed by atoms with E-state index in [1.165, 1.54) is 0 Å². The largest absolute Gasteiger partial charge is 0.366 e. The first-order valence-corrected chi connectivity index (χ1v) is 6.17. The van der Waals surface area contributed by atoms with Gasteiger partial charge in [-0.1, -0.05) is 24.3 Å². The summed E-state index contributed by atoms with van der Waals surface area (Å²) >= 11 is 0. The lowest BCUT2D eigenvalue weighted by atomic mass is 10.1. The summed E-state index contributed by atoms with van der Waals surface area (Å²) in [6, 6.07) is 11.3. The van der Waals surface area contributed by atoms with E-state index in [0.29, 0.717) is 18.7 Å². The van der Waals surface area contributed by atoms with Crippen LogP contribution in [0.2, 0.25) is 0 Å². The molecule has 1 aromatic heterocycles. The summed E-state index contributed by atoms with van der Waals surface area (Å²) in [6.45, 7) is 3.29. The molecule has 0 saturated heterocycles. The Morgan fingerprint density at radius 3 is 2.74 bits per heavy atom. The fraction of sp³-hybridized carbons (Fsp3) is 0.200. The van der Waals surface area contributed by atoms with Crippen molar-refractivity contribution in [1.82, 2.24) is 10.3 Å². The van der Waals surface area contributed by atoms with Crippen molar-refractivity contribution in [2.75, 3.05) is 0 Å². The van der Waals surface area contributed by atoms with Crippen LogP contribution >= 0.6 is 0 Å². The van der Waals surface area contributed by atoms with Crippen LogP contribution in [0.4, 0.5) is 0 Å². The minimum atomic E-state index is -0.397. The number of primary amides is 1. The minimum absolute atomic E-state index is 0.397. The maximum absolute atomic E-state index is 11.3. The van der Waals surface area contributed by atoms with Crippen LogP contribution in [0, 0.1) is 6.92 Å². The topological polar surface area (TPSA) is 68.0 Å². The van der Waals surface area contributed by atoms with E-state index in [0.717, 1.165) is 16.8 Å². The van der Waals surface area contributed by atoms with Crippen molar-refractivity contribution in [2.24, 2.45) is 5.73 Å². The van der Waals surface area contributed by atoms with Gasteiger partial charge in [-0.2, -0.15) is 0 Å². The number of benzene rings is 1. The Labute approximate surface area is 112 Å². The Bertz CT molecular complexity index is 581. The first-order valence-electron chi connectivity index (χ1n) is 6.17. The summed E-state index contributed by atoms with van der Waals surface area (Å²) in [5.74, 6) is -0.397. The molecule has 0 spiro atoms.